The molecule has 0 atom stereocenters. The fourth-order valence-electron chi connectivity index (χ4n) is 3.18. The smallest absolute Gasteiger partial charge is 0.235 e. The van der Waals surface area contributed by atoms with E-state index in [1.165, 1.54) is 29.6 Å². The van der Waals surface area contributed by atoms with Gasteiger partial charge in [0, 0.05) is 17.4 Å². The summed E-state index contributed by atoms with van der Waals surface area (Å²) in [6.07, 6.45) is -1.75. The Balaban J connectivity index is 1.81. The molecule has 0 bridgehead atoms. The highest BCUT2D eigenvalue weighted by atomic mass is 32.2. The van der Waals surface area contributed by atoms with Crippen LogP contribution in [0.2, 0.25) is 0 Å². The van der Waals surface area contributed by atoms with E-state index in [1.54, 1.807) is 36.5 Å². The van der Waals surface area contributed by atoms with Gasteiger partial charge >= 0.3 is 6.18 Å². The van der Waals surface area contributed by atoms with Gasteiger partial charge in [0.05, 0.1) is 28.0 Å². The van der Waals surface area contributed by atoms with Gasteiger partial charge in [-0.1, -0.05) is 24.3 Å². The van der Waals surface area contributed by atoms with Gasteiger partial charge in [0.15, 0.2) is 15.5 Å². The Labute approximate surface area is 170 Å². The summed E-state index contributed by atoms with van der Waals surface area (Å²) in [5, 5.41) is 4.47. The van der Waals surface area contributed by atoms with Crippen molar-refractivity contribution in [3.05, 3.63) is 71.9 Å². The zero-order valence-corrected chi connectivity index (χ0v) is 16.8. The SMILES string of the molecule is Cc1ccc(-c2ccc3ncc(-c4ccc(S(C)(=O)=O)cc4)n3n2)cc1C(F)(F)F. The van der Waals surface area contributed by atoms with Crippen LogP contribution in [0.15, 0.2) is 65.7 Å². The van der Waals surface area contributed by atoms with E-state index in [0.29, 0.717) is 28.2 Å². The number of nitrogens with zero attached hydrogens (tertiary/aromatic N) is 3. The number of halogens is 3. The zero-order valence-electron chi connectivity index (χ0n) is 16.0. The maximum absolute atomic E-state index is 13.3. The van der Waals surface area contributed by atoms with Gasteiger partial charge in [-0.3, -0.25) is 0 Å². The van der Waals surface area contributed by atoms with Crippen LogP contribution in [0.4, 0.5) is 13.2 Å². The van der Waals surface area contributed by atoms with Gasteiger partial charge in [0.2, 0.25) is 0 Å². The predicted molar refractivity (Wildman–Crippen MR) is 107 cm³/mol. The molecule has 9 heteroatoms. The minimum atomic E-state index is -4.45. The third kappa shape index (κ3) is 3.68. The fraction of sp³-hybridized carbons (Fsp3) is 0.143. The molecule has 4 aromatic rings. The van der Waals surface area contributed by atoms with E-state index in [4.69, 9.17) is 0 Å². The summed E-state index contributed by atoms with van der Waals surface area (Å²) >= 11 is 0. The molecule has 30 heavy (non-hydrogen) atoms. The molecule has 2 aromatic heterocycles. The number of sulfone groups is 1. The summed E-state index contributed by atoms with van der Waals surface area (Å²) in [4.78, 5) is 4.46. The maximum Gasteiger partial charge on any atom is 0.416 e. The average molecular weight is 431 g/mol. The van der Waals surface area contributed by atoms with Crippen molar-refractivity contribution in [1.29, 1.82) is 0 Å². The highest BCUT2D eigenvalue weighted by molar-refractivity contribution is 7.90. The Hall–Kier alpha value is -3.20. The van der Waals surface area contributed by atoms with E-state index in [9.17, 15) is 21.6 Å². The second kappa shape index (κ2) is 6.94. The molecule has 2 aromatic carbocycles. The van der Waals surface area contributed by atoms with E-state index in [2.05, 4.69) is 10.1 Å². The molecule has 0 aliphatic rings. The molecule has 0 saturated heterocycles. The van der Waals surface area contributed by atoms with Gasteiger partial charge in [-0.25, -0.2) is 17.9 Å². The van der Waals surface area contributed by atoms with Crippen molar-refractivity contribution >= 4 is 15.5 Å². The summed E-state index contributed by atoms with van der Waals surface area (Å²) in [5.41, 5.74) is 1.92. The molecule has 0 saturated carbocycles. The third-order valence-corrected chi connectivity index (χ3v) is 5.91. The van der Waals surface area contributed by atoms with Crippen molar-refractivity contribution in [2.75, 3.05) is 6.26 Å². The van der Waals surface area contributed by atoms with E-state index >= 15 is 0 Å². The van der Waals surface area contributed by atoms with Crippen LogP contribution in [0.25, 0.3) is 28.2 Å². The van der Waals surface area contributed by atoms with Gasteiger partial charge in [-0.15, -0.1) is 0 Å². The van der Waals surface area contributed by atoms with Crippen LogP contribution in [0.5, 0.6) is 0 Å². The van der Waals surface area contributed by atoms with Crippen molar-refractivity contribution in [2.45, 2.75) is 18.0 Å². The molecule has 0 aliphatic carbocycles. The zero-order chi connectivity index (χ0) is 21.7. The average Bonchev–Trinajstić information content (AvgIpc) is 3.10. The first-order valence-electron chi connectivity index (χ1n) is 8.87. The summed E-state index contributed by atoms with van der Waals surface area (Å²) in [6, 6.07) is 13.6. The monoisotopic (exact) mass is 431 g/mol. The molecule has 5 nitrogen and oxygen atoms in total. The Morgan fingerprint density at radius 1 is 0.933 bits per heavy atom. The molecule has 0 amide bonds. The molecule has 154 valence electrons. The quantitative estimate of drug-likeness (QED) is 0.468. The van der Waals surface area contributed by atoms with E-state index < -0.39 is 21.6 Å². The number of imidazole rings is 1. The van der Waals surface area contributed by atoms with Crippen LogP contribution < -0.4 is 0 Å². The molecular weight excluding hydrogens is 415 g/mol. The van der Waals surface area contributed by atoms with Gasteiger partial charge in [-0.05, 0) is 42.8 Å². The number of aromatic nitrogens is 3. The van der Waals surface area contributed by atoms with Crippen molar-refractivity contribution in [1.82, 2.24) is 14.6 Å². The van der Waals surface area contributed by atoms with E-state index in [-0.39, 0.29) is 10.5 Å². The molecule has 0 aliphatic heterocycles. The van der Waals surface area contributed by atoms with E-state index in [1.807, 2.05) is 0 Å². The Morgan fingerprint density at radius 3 is 2.23 bits per heavy atom. The molecular formula is C21H16F3N3O2S. The normalized spacial score (nSPS) is 12.4. The highest BCUT2D eigenvalue weighted by Gasteiger charge is 2.32. The minimum Gasteiger partial charge on any atom is -0.235 e. The number of alkyl halides is 3. The van der Waals surface area contributed by atoms with Crippen LogP contribution in [0.3, 0.4) is 0 Å². The van der Waals surface area contributed by atoms with E-state index in [0.717, 1.165) is 12.3 Å². The predicted octanol–water partition coefficient (Wildman–Crippen LogP) is 4.79. The molecule has 4 rings (SSSR count). The number of fused-ring (bicyclic) bond motifs is 1. The van der Waals surface area contributed by atoms with Crippen molar-refractivity contribution < 1.29 is 21.6 Å². The topological polar surface area (TPSA) is 64.3 Å². The summed E-state index contributed by atoms with van der Waals surface area (Å²) in [5.74, 6) is 0. The van der Waals surface area contributed by atoms with Gasteiger partial charge in [0.25, 0.3) is 0 Å². The largest absolute Gasteiger partial charge is 0.416 e. The maximum atomic E-state index is 13.3. The summed E-state index contributed by atoms with van der Waals surface area (Å²) in [7, 11) is -3.32. The summed E-state index contributed by atoms with van der Waals surface area (Å²) < 4.78 is 64.7. The van der Waals surface area contributed by atoms with Crippen molar-refractivity contribution in [3.8, 4) is 22.5 Å². The minimum absolute atomic E-state index is 0.140. The second-order valence-corrected chi connectivity index (χ2v) is 8.97. The van der Waals surface area contributed by atoms with Gasteiger partial charge < -0.3 is 0 Å². The molecule has 2 heterocycles. The Kier molecular flexibility index (Phi) is 4.65. The molecule has 0 fully saturated rings. The van der Waals surface area contributed by atoms with Crippen LogP contribution in [0.1, 0.15) is 11.1 Å². The third-order valence-electron chi connectivity index (χ3n) is 4.78. The molecule has 0 radical (unpaired) electrons. The lowest BCUT2D eigenvalue weighted by molar-refractivity contribution is -0.138. The first kappa shape index (κ1) is 20.1. The van der Waals surface area contributed by atoms with Gasteiger partial charge in [-0.2, -0.15) is 18.3 Å². The first-order chi connectivity index (χ1) is 14.0. The molecule has 0 unspecified atom stereocenters. The fourth-order valence-corrected chi connectivity index (χ4v) is 3.81. The number of hydrogen-bond donors (Lipinski definition) is 0. The van der Waals surface area contributed by atoms with Crippen LogP contribution in [-0.2, 0) is 16.0 Å². The van der Waals surface area contributed by atoms with Crippen LogP contribution in [0, 0.1) is 6.92 Å². The molecule has 0 spiro atoms. The number of aryl methyl sites for hydroxylation is 1. The molecule has 0 N–H and O–H groups in total. The lowest BCUT2D eigenvalue weighted by Gasteiger charge is -2.12. The number of hydrogen-bond acceptors (Lipinski definition) is 4. The highest BCUT2D eigenvalue weighted by Crippen LogP contribution is 2.34. The second-order valence-electron chi connectivity index (χ2n) is 6.96. The number of rotatable bonds is 3. The Morgan fingerprint density at radius 2 is 1.60 bits per heavy atom. The van der Waals surface area contributed by atoms with Crippen molar-refractivity contribution in [3.63, 3.8) is 0 Å². The van der Waals surface area contributed by atoms with Crippen molar-refractivity contribution in [2.24, 2.45) is 0 Å². The standard InChI is InChI=1S/C21H16F3N3O2S/c1-13-3-4-15(11-17(13)21(22,23)24)18-9-10-20-25-12-19(27(20)26-18)14-5-7-16(8-6-14)30(2,28)29/h3-12H,1-2H3. The van der Waals surface area contributed by atoms with Gasteiger partial charge in [0.1, 0.15) is 0 Å². The van der Waals surface area contributed by atoms with Crippen LogP contribution >= 0.6 is 0 Å². The van der Waals surface area contributed by atoms with Crippen LogP contribution in [-0.4, -0.2) is 29.3 Å². The first-order valence-corrected chi connectivity index (χ1v) is 10.8. The lowest BCUT2D eigenvalue weighted by Crippen LogP contribution is -2.07. The summed E-state index contributed by atoms with van der Waals surface area (Å²) in [6.45, 7) is 1.41. The number of benzene rings is 2. The Bertz CT molecular complexity index is 1360. The lowest BCUT2D eigenvalue weighted by atomic mass is 10.0.